The van der Waals surface area contributed by atoms with Crippen LogP contribution >= 0.6 is 0 Å². The molecule has 0 aliphatic carbocycles. The van der Waals surface area contributed by atoms with Crippen LogP contribution in [0.4, 0.5) is 15.9 Å². The molecule has 11 heteroatoms. The number of fused-ring (bicyclic) bond motifs is 4. The van der Waals surface area contributed by atoms with Gasteiger partial charge in [-0.2, -0.15) is 5.10 Å². The van der Waals surface area contributed by atoms with Crippen LogP contribution in [0, 0.1) is 12.7 Å². The molecular weight excluding hydrogens is 523 g/mol. The van der Waals surface area contributed by atoms with E-state index in [1.165, 1.54) is 24.8 Å². The zero-order valence-corrected chi connectivity index (χ0v) is 22.4. The minimum absolute atomic E-state index is 0.00689. The number of nitrogens with one attached hydrogen (secondary N) is 1. The molecular formula is C30H27FN8O2. The Morgan fingerprint density at radius 1 is 1.10 bits per heavy atom. The highest BCUT2D eigenvalue weighted by atomic mass is 19.1. The Kier molecular flexibility index (Phi) is 6.06. The van der Waals surface area contributed by atoms with Gasteiger partial charge in [0.05, 0.1) is 11.2 Å². The first-order valence-electron chi connectivity index (χ1n) is 13.6. The number of anilines is 2. The van der Waals surface area contributed by atoms with E-state index in [1.54, 1.807) is 28.9 Å². The van der Waals surface area contributed by atoms with E-state index in [2.05, 4.69) is 31.9 Å². The zero-order chi connectivity index (χ0) is 28.1. The molecule has 1 unspecified atom stereocenters. The van der Waals surface area contributed by atoms with Crippen molar-refractivity contribution < 1.29 is 13.9 Å². The van der Waals surface area contributed by atoms with E-state index in [0.29, 0.717) is 34.0 Å². The lowest BCUT2D eigenvalue weighted by molar-refractivity contribution is -0.130. The monoisotopic (exact) mass is 550 g/mol. The molecule has 1 amide bonds. The Morgan fingerprint density at radius 3 is 2.73 bits per heavy atom. The minimum Gasteiger partial charge on any atom is -0.457 e. The number of aromatic nitrogens is 6. The molecule has 2 bridgehead atoms. The number of benzene rings is 1. The molecule has 10 nitrogen and oxygen atoms in total. The van der Waals surface area contributed by atoms with Crippen LogP contribution in [0.25, 0.3) is 16.7 Å². The fourth-order valence-corrected chi connectivity index (χ4v) is 6.14. The average molecular weight is 551 g/mol. The largest absolute Gasteiger partial charge is 0.457 e. The van der Waals surface area contributed by atoms with Crippen molar-refractivity contribution in [3.63, 3.8) is 0 Å². The summed E-state index contributed by atoms with van der Waals surface area (Å²) >= 11 is 0. The van der Waals surface area contributed by atoms with Gasteiger partial charge in [0, 0.05) is 42.0 Å². The summed E-state index contributed by atoms with van der Waals surface area (Å²) in [6.45, 7) is 5.52. The number of piperidine rings is 1. The average Bonchev–Trinajstić information content (AvgIpc) is 3.56. The third-order valence-corrected chi connectivity index (χ3v) is 8.08. The van der Waals surface area contributed by atoms with E-state index in [9.17, 15) is 4.79 Å². The predicted molar refractivity (Wildman–Crippen MR) is 151 cm³/mol. The molecule has 2 fully saturated rings. The highest BCUT2D eigenvalue weighted by molar-refractivity contribution is 5.88. The second kappa shape index (κ2) is 9.92. The summed E-state index contributed by atoms with van der Waals surface area (Å²) in [7, 11) is 0. The van der Waals surface area contributed by atoms with Gasteiger partial charge in [0.25, 0.3) is 0 Å². The predicted octanol–water partition coefficient (Wildman–Crippen LogP) is 5.47. The number of carbonyl (C=O) groups is 1. The van der Waals surface area contributed by atoms with E-state index in [4.69, 9.17) is 9.72 Å². The molecule has 0 radical (unpaired) electrons. The van der Waals surface area contributed by atoms with Crippen LogP contribution in [0.5, 0.6) is 11.5 Å². The first-order valence-corrected chi connectivity index (χ1v) is 13.6. The van der Waals surface area contributed by atoms with Gasteiger partial charge in [-0.25, -0.2) is 28.8 Å². The van der Waals surface area contributed by atoms with Crippen LogP contribution in [0.1, 0.15) is 42.9 Å². The van der Waals surface area contributed by atoms with E-state index in [-0.39, 0.29) is 29.6 Å². The number of amides is 1. The molecule has 2 aliphatic rings. The Balaban J connectivity index is 1.15. The lowest BCUT2D eigenvalue weighted by Gasteiger charge is -2.38. The standard InChI is InChI=1S/C30H27FN8O2/c1-3-28(40)39-19-4-5-20(39)12-18(11-19)23-6-7-24-29(36-23)30(34-15-32-24)37-25-10-17(2)26(14-22(25)31)41-21-8-9-38-27(13-21)33-16-35-38/h3,6-10,13-16,18-20H,1,4-5,11-12H2,2H3,(H,32,34,37)/t18?,19-,20+. The number of halogens is 1. The van der Waals surface area contributed by atoms with Crippen molar-refractivity contribution in [2.24, 2.45) is 0 Å². The number of hydrogen-bond donors (Lipinski definition) is 1. The number of nitrogens with zero attached hydrogens (tertiary/aromatic N) is 7. The topological polar surface area (TPSA) is 110 Å². The molecule has 2 aliphatic heterocycles. The first kappa shape index (κ1) is 25.1. The van der Waals surface area contributed by atoms with E-state index >= 15 is 4.39 Å². The summed E-state index contributed by atoms with van der Waals surface area (Å²) in [6.07, 6.45) is 9.74. The Labute approximate surface area is 234 Å². The summed E-state index contributed by atoms with van der Waals surface area (Å²) in [5.41, 5.74) is 3.78. The van der Waals surface area contributed by atoms with Crippen LogP contribution in [-0.2, 0) is 4.79 Å². The minimum atomic E-state index is -0.493. The highest BCUT2D eigenvalue weighted by Crippen LogP contribution is 2.43. The van der Waals surface area contributed by atoms with Gasteiger partial charge in [-0.15, -0.1) is 0 Å². The van der Waals surface area contributed by atoms with Gasteiger partial charge in [-0.1, -0.05) is 6.58 Å². The molecule has 5 aromatic rings. The molecule has 4 aromatic heterocycles. The van der Waals surface area contributed by atoms with E-state index in [0.717, 1.165) is 36.9 Å². The molecule has 6 heterocycles. The number of rotatable bonds is 6. The number of aryl methyl sites for hydroxylation is 1. The van der Waals surface area contributed by atoms with Crippen molar-refractivity contribution >= 4 is 34.1 Å². The molecule has 206 valence electrons. The first-order chi connectivity index (χ1) is 20.0. The maximum atomic E-state index is 15.3. The van der Waals surface area contributed by atoms with Crippen LogP contribution in [0.2, 0.25) is 0 Å². The molecule has 1 aromatic carbocycles. The van der Waals surface area contributed by atoms with Gasteiger partial charge < -0.3 is 15.0 Å². The molecule has 41 heavy (non-hydrogen) atoms. The normalized spacial score (nSPS) is 20.0. The maximum Gasteiger partial charge on any atom is 0.246 e. The van der Waals surface area contributed by atoms with Gasteiger partial charge in [0.1, 0.15) is 35.5 Å². The summed E-state index contributed by atoms with van der Waals surface area (Å²) in [5, 5.41) is 7.20. The van der Waals surface area contributed by atoms with E-state index in [1.807, 2.05) is 24.0 Å². The Morgan fingerprint density at radius 2 is 1.93 bits per heavy atom. The van der Waals surface area contributed by atoms with Crippen LogP contribution in [0.3, 0.4) is 0 Å². The van der Waals surface area contributed by atoms with Crippen molar-refractivity contribution in [3.05, 3.63) is 85.0 Å². The number of hydrogen-bond acceptors (Lipinski definition) is 8. The van der Waals surface area contributed by atoms with Crippen LogP contribution in [0.15, 0.2) is 67.9 Å². The quantitative estimate of drug-likeness (QED) is 0.277. The third kappa shape index (κ3) is 4.52. The fourth-order valence-electron chi connectivity index (χ4n) is 6.14. The van der Waals surface area contributed by atoms with Gasteiger partial charge in [-0.3, -0.25) is 4.79 Å². The number of pyridine rings is 2. The summed E-state index contributed by atoms with van der Waals surface area (Å²) in [6, 6.07) is 10.8. The van der Waals surface area contributed by atoms with Crippen molar-refractivity contribution in [2.75, 3.05) is 5.32 Å². The van der Waals surface area contributed by atoms with Crippen molar-refractivity contribution in [1.29, 1.82) is 0 Å². The third-order valence-electron chi connectivity index (χ3n) is 8.08. The Hall–Kier alpha value is -4.93. The van der Waals surface area contributed by atoms with Crippen molar-refractivity contribution in [3.8, 4) is 11.5 Å². The number of carbonyl (C=O) groups excluding carboxylic acids is 1. The van der Waals surface area contributed by atoms with Gasteiger partial charge >= 0.3 is 0 Å². The SMILES string of the molecule is C=CC(=O)N1[C@@H]2CC[C@H]1CC(c1ccc3ncnc(Nc4cc(C)c(Oc5ccn6ncnc6c5)cc4F)c3n1)C2. The maximum absolute atomic E-state index is 15.3. The van der Waals surface area contributed by atoms with Gasteiger partial charge in [0.2, 0.25) is 5.91 Å². The second-order valence-electron chi connectivity index (χ2n) is 10.6. The van der Waals surface area contributed by atoms with Crippen molar-refractivity contribution in [2.45, 2.75) is 50.6 Å². The smallest absolute Gasteiger partial charge is 0.246 e. The molecule has 2 saturated heterocycles. The Bertz CT molecular complexity index is 1810. The summed E-state index contributed by atoms with van der Waals surface area (Å²) in [5.74, 6) is 1.07. The van der Waals surface area contributed by atoms with E-state index < -0.39 is 5.82 Å². The summed E-state index contributed by atoms with van der Waals surface area (Å²) in [4.78, 5) is 32.3. The number of ether oxygens (including phenoxy) is 1. The van der Waals surface area contributed by atoms with Crippen molar-refractivity contribution in [1.82, 2.24) is 34.4 Å². The second-order valence-corrected chi connectivity index (χ2v) is 10.6. The molecule has 7 rings (SSSR count). The molecule has 0 spiro atoms. The van der Waals surface area contributed by atoms with Gasteiger partial charge in [0.15, 0.2) is 11.5 Å². The van der Waals surface area contributed by atoms with Crippen LogP contribution in [-0.4, -0.2) is 52.4 Å². The summed E-state index contributed by atoms with van der Waals surface area (Å²) < 4.78 is 22.9. The lowest BCUT2D eigenvalue weighted by Crippen LogP contribution is -2.45. The fraction of sp³-hybridized carbons (Fsp3) is 0.267. The van der Waals surface area contributed by atoms with Gasteiger partial charge in [-0.05, 0) is 68.5 Å². The lowest BCUT2D eigenvalue weighted by atomic mass is 9.87. The molecule has 0 saturated carbocycles. The highest BCUT2D eigenvalue weighted by Gasteiger charge is 2.43. The zero-order valence-electron chi connectivity index (χ0n) is 22.4. The van der Waals surface area contributed by atoms with Crippen LogP contribution < -0.4 is 10.1 Å². The molecule has 3 atom stereocenters. The molecule has 1 N–H and O–H groups in total.